The first-order valence-electron chi connectivity index (χ1n) is 24.4. The van der Waals surface area contributed by atoms with E-state index in [2.05, 4.69) is 257 Å². The van der Waals surface area contributed by atoms with Crippen molar-refractivity contribution in [2.45, 2.75) is 38.5 Å². The van der Waals surface area contributed by atoms with Crippen LogP contribution in [0.5, 0.6) is 0 Å². The number of rotatable bonds is 5. The van der Waals surface area contributed by atoms with Crippen LogP contribution in [0.15, 0.2) is 224 Å². The van der Waals surface area contributed by atoms with E-state index in [9.17, 15) is 0 Å². The molecule has 14 rings (SSSR count). The van der Waals surface area contributed by atoms with Crippen LogP contribution in [0.25, 0.3) is 77.2 Å². The second kappa shape index (κ2) is 14.6. The van der Waals surface area contributed by atoms with Gasteiger partial charge in [-0.05, 0) is 178 Å². The van der Waals surface area contributed by atoms with Crippen LogP contribution in [0.1, 0.15) is 58.4 Å². The number of benzene rings is 11. The number of hydrogen-bond donors (Lipinski definition) is 0. The molecule has 1 nitrogen and oxygen atoms in total. The van der Waals surface area contributed by atoms with Crippen LogP contribution in [0.4, 0.5) is 17.1 Å². The Kier molecular flexibility index (Phi) is 8.45. The van der Waals surface area contributed by atoms with Gasteiger partial charge in [0.05, 0.1) is 5.41 Å². The topological polar surface area (TPSA) is 3.24 Å². The highest BCUT2D eigenvalue weighted by molar-refractivity contribution is 6.16. The monoisotopic (exact) mass is 879 g/mol. The number of fused-ring (bicyclic) bond motifs is 16. The first kappa shape index (κ1) is 39.9. The average Bonchev–Trinajstić information content (AvgIpc) is 3.95. The molecule has 3 aliphatic carbocycles. The lowest BCUT2D eigenvalue weighted by Gasteiger charge is -2.33. The molecule has 326 valence electrons. The van der Waals surface area contributed by atoms with Crippen LogP contribution in [0, 0.1) is 13.8 Å². The van der Waals surface area contributed by atoms with Crippen molar-refractivity contribution in [2.24, 2.45) is 0 Å². The normalized spacial score (nSPS) is 14.0. The van der Waals surface area contributed by atoms with Gasteiger partial charge >= 0.3 is 0 Å². The summed E-state index contributed by atoms with van der Waals surface area (Å²) in [7, 11) is 0. The predicted molar refractivity (Wildman–Crippen MR) is 290 cm³/mol. The number of hydrogen-bond acceptors (Lipinski definition) is 1. The van der Waals surface area contributed by atoms with E-state index in [4.69, 9.17) is 0 Å². The van der Waals surface area contributed by atoms with Gasteiger partial charge in [0.1, 0.15) is 0 Å². The van der Waals surface area contributed by atoms with Crippen LogP contribution >= 0.6 is 0 Å². The minimum Gasteiger partial charge on any atom is -0.310 e. The Morgan fingerprint density at radius 1 is 0.290 bits per heavy atom. The van der Waals surface area contributed by atoms with Crippen molar-refractivity contribution in [1.29, 1.82) is 0 Å². The smallest absolute Gasteiger partial charge is 0.0726 e. The second-order valence-electron chi connectivity index (χ2n) is 20.0. The molecule has 0 saturated carbocycles. The van der Waals surface area contributed by atoms with Crippen LogP contribution in [-0.2, 0) is 10.8 Å². The molecular weight excluding hydrogens is 831 g/mol. The molecule has 0 unspecified atom stereocenters. The Morgan fingerprint density at radius 2 is 0.768 bits per heavy atom. The fourth-order valence-electron chi connectivity index (χ4n) is 13.1. The lowest BCUT2D eigenvalue weighted by Crippen LogP contribution is -2.26. The molecule has 69 heavy (non-hydrogen) atoms. The summed E-state index contributed by atoms with van der Waals surface area (Å²) in [5.74, 6) is 0. The maximum atomic E-state index is 2.55. The van der Waals surface area contributed by atoms with Crippen molar-refractivity contribution in [3.05, 3.63) is 269 Å². The fourth-order valence-corrected chi connectivity index (χ4v) is 13.1. The lowest BCUT2D eigenvalue weighted by atomic mass is 9.70. The number of nitrogens with zero attached hydrogens (tertiary/aromatic N) is 1. The zero-order valence-corrected chi connectivity index (χ0v) is 39.3. The van der Waals surface area contributed by atoms with Crippen molar-refractivity contribution < 1.29 is 0 Å². The molecule has 0 aliphatic heterocycles. The van der Waals surface area contributed by atoms with Gasteiger partial charge in [0.25, 0.3) is 0 Å². The van der Waals surface area contributed by atoms with Gasteiger partial charge in [-0.2, -0.15) is 0 Å². The van der Waals surface area contributed by atoms with E-state index >= 15 is 0 Å². The van der Waals surface area contributed by atoms with E-state index in [1.165, 1.54) is 122 Å². The van der Waals surface area contributed by atoms with Crippen LogP contribution < -0.4 is 4.90 Å². The first-order valence-corrected chi connectivity index (χ1v) is 24.4. The van der Waals surface area contributed by atoms with Gasteiger partial charge in [-0.25, -0.2) is 0 Å². The fraction of sp³-hybridized carbons (Fsp3) is 0.0882. The third-order valence-electron chi connectivity index (χ3n) is 16.1. The van der Waals surface area contributed by atoms with Crippen molar-refractivity contribution in [3.63, 3.8) is 0 Å². The summed E-state index contributed by atoms with van der Waals surface area (Å²) in [6.07, 6.45) is 0. The maximum Gasteiger partial charge on any atom is 0.0726 e. The molecule has 0 amide bonds. The van der Waals surface area contributed by atoms with Crippen LogP contribution in [0.2, 0.25) is 0 Å². The first-order chi connectivity index (χ1) is 33.8. The van der Waals surface area contributed by atoms with E-state index in [1.54, 1.807) is 0 Å². The number of anilines is 3. The summed E-state index contributed by atoms with van der Waals surface area (Å²) in [6, 6.07) is 85.1. The highest BCUT2D eigenvalue weighted by Gasteiger charge is 2.52. The third kappa shape index (κ3) is 5.47. The van der Waals surface area contributed by atoms with E-state index in [1.807, 2.05) is 0 Å². The molecular formula is C68H49N. The lowest BCUT2D eigenvalue weighted by molar-refractivity contribution is 0.660. The Labute approximate surface area is 404 Å². The zero-order chi connectivity index (χ0) is 46.2. The predicted octanol–water partition coefficient (Wildman–Crippen LogP) is 18.1. The third-order valence-corrected chi connectivity index (χ3v) is 16.1. The number of aryl methyl sites for hydroxylation is 2. The second-order valence-corrected chi connectivity index (χ2v) is 20.0. The van der Waals surface area contributed by atoms with Gasteiger partial charge in [-0.15, -0.1) is 0 Å². The minimum absolute atomic E-state index is 0.150. The van der Waals surface area contributed by atoms with Gasteiger partial charge in [0.15, 0.2) is 0 Å². The average molecular weight is 880 g/mol. The SMILES string of the molecule is Cc1ccccc1-c1ccc(N(c2ccc3c(c2)C(C)(C)c2ccccc2-3)c2ccc3c(c2)C2(c4ccccc4-c4ccccc42)c2cccc(-c4cc5ccccc5c5ccccc45)c2-3)cc1C. The Bertz CT molecular complexity index is 3930. The molecule has 3 aliphatic rings. The van der Waals surface area contributed by atoms with Crippen molar-refractivity contribution in [2.75, 3.05) is 4.90 Å². The summed E-state index contributed by atoms with van der Waals surface area (Å²) in [6.45, 7) is 9.25. The molecule has 1 heteroatoms. The summed E-state index contributed by atoms with van der Waals surface area (Å²) < 4.78 is 0. The molecule has 0 bridgehead atoms. The minimum atomic E-state index is -0.547. The summed E-state index contributed by atoms with van der Waals surface area (Å²) in [5.41, 5.74) is 26.2. The van der Waals surface area contributed by atoms with Gasteiger partial charge in [-0.1, -0.05) is 196 Å². The van der Waals surface area contributed by atoms with Gasteiger partial charge < -0.3 is 4.90 Å². The molecule has 0 heterocycles. The van der Waals surface area contributed by atoms with E-state index in [0.29, 0.717) is 0 Å². The summed E-state index contributed by atoms with van der Waals surface area (Å²) in [5, 5.41) is 5.09. The Balaban J connectivity index is 1.05. The maximum absolute atomic E-state index is 2.55. The van der Waals surface area contributed by atoms with Crippen LogP contribution in [-0.4, -0.2) is 0 Å². The van der Waals surface area contributed by atoms with Gasteiger partial charge in [0.2, 0.25) is 0 Å². The Hall–Kier alpha value is -8.26. The molecule has 0 saturated heterocycles. The molecule has 11 aromatic carbocycles. The molecule has 11 aromatic rings. The van der Waals surface area contributed by atoms with Crippen LogP contribution in [0.3, 0.4) is 0 Å². The highest BCUT2D eigenvalue weighted by atomic mass is 15.1. The van der Waals surface area contributed by atoms with E-state index < -0.39 is 5.41 Å². The molecule has 1 spiro atoms. The summed E-state index contributed by atoms with van der Waals surface area (Å²) >= 11 is 0. The largest absolute Gasteiger partial charge is 0.310 e. The zero-order valence-electron chi connectivity index (χ0n) is 39.3. The molecule has 0 N–H and O–H groups in total. The van der Waals surface area contributed by atoms with Gasteiger partial charge in [0, 0.05) is 22.5 Å². The quantitative estimate of drug-likeness (QED) is 0.156. The summed E-state index contributed by atoms with van der Waals surface area (Å²) in [4.78, 5) is 2.52. The van der Waals surface area contributed by atoms with E-state index in [-0.39, 0.29) is 5.41 Å². The van der Waals surface area contributed by atoms with Crippen molar-refractivity contribution >= 4 is 38.6 Å². The Morgan fingerprint density at radius 3 is 1.46 bits per heavy atom. The van der Waals surface area contributed by atoms with E-state index in [0.717, 1.165) is 17.1 Å². The van der Waals surface area contributed by atoms with Crippen molar-refractivity contribution in [1.82, 2.24) is 0 Å². The van der Waals surface area contributed by atoms with Gasteiger partial charge in [-0.3, -0.25) is 0 Å². The standard InChI is InChI=1S/C68H49N/c1-42-18-5-7-20-48(42)49-35-32-45(38-43(49)2)69(46-33-36-56-53-24-11-14-28-60(53)67(3,4)64(56)40-46)47-34-37-58-65(41-47)68(61-29-15-12-25-54(61)55-26-13-16-30-62(55)68)63-31-17-27-57(66(58)63)59-39-44-19-6-8-21-50(44)51-22-9-10-23-52(51)59/h5-41H,1-4H3. The molecule has 0 aromatic heterocycles. The molecule has 0 fully saturated rings. The highest BCUT2D eigenvalue weighted by Crippen LogP contribution is 2.65. The molecule has 0 atom stereocenters. The van der Waals surface area contributed by atoms with Crippen molar-refractivity contribution in [3.8, 4) is 55.6 Å². The molecule has 0 radical (unpaired) electrons.